The van der Waals surface area contributed by atoms with Gasteiger partial charge in [0.2, 0.25) is 0 Å². The second-order valence-corrected chi connectivity index (χ2v) is 12.4. The first-order valence-electron chi connectivity index (χ1n) is 16.4. The molecule has 0 saturated heterocycles. The molecule has 0 atom stereocenters. The summed E-state index contributed by atoms with van der Waals surface area (Å²) in [6, 6.07) is 56.9. The van der Waals surface area contributed by atoms with E-state index in [0.29, 0.717) is 17.5 Å². The van der Waals surface area contributed by atoms with Crippen molar-refractivity contribution < 1.29 is 4.42 Å². The minimum absolute atomic E-state index is 0.570. The molecule has 0 unspecified atom stereocenters. The fourth-order valence-electron chi connectivity index (χ4n) is 7.19. The average molecular weight is 626 g/mol. The Morgan fingerprint density at radius 1 is 0.347 bits per heavy atom. The van der Waals surface area contributed by atoms with Gasteiger partial charge in [0, 0.05) is 21.9 Å². The van der Waals surface area contributed by atoms with Crippen molar-refractivity contribution in [3.8, 4) is 45.3 Å². The van der Waals surface area contributed by atoms with Gasteiger partial charge in [-0.15, -0.1) is 0 Å². The molecular formula is C45H27N3O. The summed E-state index contributed by atoms with van der Waals surface area (Å²) in [5.41, 5.74) is 6.64. The lowest BCUT2D eigenvalue weighted by molar-refractivity contribution is 0.670. The van der Waals surface area contributed by atoms with E-state index in [1.807, 2.05) is 30.3 Å². The van der Waals surface area contributed by atoms with Crippen LogP contribution in [-0.4, -0.2) is 15.0 Å². The predicted octanol–water partition coefficient (Wildman–Crippen LogP) is 11.9. The van der Waals surface area contributed by atoms with Crippen LogP contribution in [0.15, 0.2) is 168 Å². The van der Waals surface area contributed by atoms with Crippen LogP contribution in [0.2, 0.25) is 0 Å². The van der Waals surface area contributed by atoms with E-state index in [-0.39, 0.29) is 0 Å². The Balaban J connectivity index is 1.26. The molecule has 0 saturated carbocycles. The minimum Gasteiger partial charge on any atom is -0.455 e. The molecule has 10 rings (SSSR count). The zero-order valence-electron chi connectivity index (χ0n) is 26.3. The molecule has 0 bridgehead atoms. The highest BCUT2D eigenvalue weighted by Gasteiger charge is 2.21. The summed E-state index contributed by atoms with van der Waals surface area (Å²) < 4.78 is 6.79. The number of benzene rings is 8. The number of nitrogens with zero attached hydrogens (tertiary/aromatic N) is 3. The molecule has 0 radical (unpaired) electrons. The van der Waals surface area contributed by atoms with Crippen molar-refractivity contribution >= 4 is 54.3 Å². The van der Waals surface area contributed by atoms with Crippen molar-refractivity contribution in [1.82, 2.24) is 15.0 Å². The molecule has 0 aliphatic rings. The van der Waals surface area contributed by atoms with Gasteiger partial charge in [0.25, 0.3) is 0 Å². The highest BCUT2D eigenvalue weighted by atomic mass is 16.3. The molecule has 10 aromatic rings. The normalized spacial score (nSPS) is 11.7. The van der Waals surface area contributed by atoms with Crippen molar-refractivity contribution in [1.29, 1.82) is 0 Å². The summed E-state index contributed by atoms with van der Waals surface area (Å²) in [5.74, 6) is 1.81. The maximum Gasteiger partial charge on any atom is 0.167 e. The second-order valence-electron chi connectivity index (χ2n) is 12.4. The Kier molecular flexibility index (Phi) is 6.15. The van der Waals surface area contributed by atoms with Crippen molar-refractivity contribution in [2.45, 2.75) is 0 Å². The molecule has 0 N–H and O–H groups in total. The van der Waals surface area contributed by atoms with Gasteiger partial charge in [-0.2, -0.15) is 0 Å². The Bertz CT molecular complexity index is 2880. The molecular weight excluding hydrogens is 599 g/mol. The van der Waals surface area contributed by atoms with E-state index in [0.717, 1.165) is 65.7 Å². The van der Waals surface area contributed by atoms with Crippen LogP contribution in [0.4, 0.5) is 0 Å². The van der Waals surface area contributed by atoms with E-state index in [1.165, 1.54) is 16.3 Å². The van der Waals surface area contributed by atoms with Crippen molar-refractivity contribution in [2.75, 3.05) is 0 Å². The van der Waals surface area contributed by atoms with Gasteiger partial charge >= 0.3 is 0 Å². The van der Waals surface area contributed by atoms with Gasteiger partial charge in [0.1, 0.15) is 11.2 Å². The number of aromatic nitrogens is 3. The summed E-state index contributed by atoms with van der Waals surface area (Å²) >= 11 is 0. The number of hydrogen-bond donors (Lipinski definition) is 0. The van der Waals surface area contributed by atoms with E-state index in [2.05, 4.69) is 133 Å². The molecule has 49 heavy (non-hydrogen) atoms. The van der Waals surface area contributed by atoms with Crippen LogP contribution < -0.4 is 0 Å². The number of hydrogen-bond acceptors (Lipinski definition) is 4. The third-order valence-electron chi connectivity index (χ3n) is 9.50. The maximum atomic E-state index is 6.79. The molecule has 8 aromatic carbocycles. The molecule has 0 spiro atoms. The lowest BCUT2D eigenvalue weighted by Gasteiger charge is -2.11. The lowest BCUT2D eigenvalue weighted by atomic mass is 9.95. The van der Waals surface area contributed by atoms with Crippen LogP contribution in [0, 0.1) is 0 Å². The van der Waals surface area contributed by atoms with E-state index in [9.17, 15) is 0 Å². The summed E-state index contributed by atoms with van der Waals surface area (Å²) in [6.07, 6.45) is 0. The third-order valence-corrected chi connectivity index (χ3v) is 9.50. The van der Waals surface area contributed by atoms with Crippen molar-refractivity contribution in [2.24, 2.45) is 0 Å². The summed E-state index contributed by atoms with van der Waals surface area (Å²) in [7, 11) is 0. The third kappa shape index (κ3) is 4.49. The van der Waals surface area contributed by atoms with Gasteiger partial charge in [0.15, 0.2) is 17.5 Å². The zero-order chi connectivity index (χ0) is 32.3. The standard InChI is InChI=1S/C45H27N3O/c1-2-14-30(15-3-1)43-46-44(37-23-11-18-29-13-5-8-20-34(29)37)48-45(47-43)39-27-31-16-6-9-21-36(31)41-38-26-32(24-25-40(38)49-42(39)41)35-22-10-17-28-12-4-7-19-33(28)35/h1-27H. The Morgan fingerprint density at radius 3 is 1.67 bits per heavy atom. The second kappa shape index (κ2) is 11.0. The van der Waals surface area contributed by atoms with Crippen LogP contribution in [0.25, 0.3) is 99.5 Å². The van der Waals surface area contributed by atoms with Gasteiger partial charge in [-0.3, -0.25) is 0 Å². The smallest absolute Gasteiger partial charge is 0.167 e. The monoisotopic (exact) mass is 625 g/mol. The molecule has 4 heteroatoms. The molecule has 228 valence electrons. The zero-order valence-corrected chi connectivity index (χ0v) is 26.3. The van der Waals surface area contributed by atoms with Gasteiger partial charge in [0.05, 0.1) is 5.56 Å². The SMILES string of the molecule is c1ccc(-c2nc(-c3cccc4ccccc34)nc(-c3cc4ccccc4c4c3oc3ccc(-c5cccc6ccccc56)cc34)n2)cc1. The molecule has 0 amide bonds. The Labute approximate surface area is 282 Å². The number of fused-ring (bicyclic) bond motifs is 7. The fourth-order valence-corrected chi connectivity index (χ4v) is 7.19. The number of rotatable bonds is 4. The average Bonchev–Trinajstić information content (AvgIpc) is 3.56. The molecule has 2 heterocycles. The van der Waals surface area contributed by atoms with Crippen LogP contribution >= 0.6 is 0 Å². The molecule has 0 aliphatic heterocycles. The van der Waals surface area contributed by atoms with E-state index < -0.39 is 0 Å². The summed E-state index contributed by atoms with van der Waals surface area (Å²) in [4.78, 5) is 15.4. The Morgan fingerprint density at radius 2 is 0.918 bits per heavy atom. The quantitative estimate of drug-likeness (QED) is 0.195. The molecule has 2 aromatic heterocycles. The molecule has 0 fully saturated rings. The highest BCUT2D eigenvalue weighted by Crippen LogP contribution is 2.42. The lowest BCUT2D eigenvalue weighted by Crippen LogP contribution is -2.01. The Hall–Kier alpha value is -6.65. The van der Waals surface area contributed by atoms with Gasteiger partial charge in [-0.1, -0.05) is 146 Å². The predicted molar refractivity (Wildman–Crippen MR) is 201 cm³/mol. The topological polar surface area (TPSA) is 51.8 Å². The first-order valence-corrected chi connectivity index (χ1v) is 16.4. The first kappa shape index (κ1) is 27.5. The van der Waals surface area contributed by atoms with Gasteiger partial charge in [-0.25, -0.2) is 15.0 Å². The highest BCUT2D eigenvalue weighted by molar-refractivity contribution is 6.23. The number of furan rings is 1. The minimum atomic E-state index is 0.570. The summed E-state index contributed by atoms with van der Waals surface area (Å²) in [5, 5.41) is 9.00. The van der Waals surface area contributed by atoms with E-state index >= 15 is 0 Å². The van der Waals surface area contributed by atoms with Gasteiger partial charge in [-0.05, 0) is 61.6 Å². The van der Waals surface area contributed by atoms with Crippen LogP contribution in [0.5, 0.6) is 0 Å². The van der Waals surface area contributed by atoms with Crippen LogP contribution in [0.3, 0.4) is 0 Å². The van der Waals surface area contributed by atoms with E-state index in [1.54, 1.807) is 0 Å². The van der Waals surface area contributed by atoms with Crippen LogP contribution in [-0.2, 0) is 0 Å². The maximum absolute atomic E-state index is 6.79. The van der Waals surface area contributed by atoms with Gasteiger partial charge < -0.3 is 4.42 Å². The van der Waals surface area contributed by atoms with E-state index in [4.69, 9.17) is 19.4 Å². The van der Waals surface area contributed by atoms with Crippen LogP contribution in [0.1, 0.15) is 0 Å². The van der Waals surface area contributed by atoms with Crippen molar-refractivity contribution in [3.63, 3.8) is 0 Å². The molecule has 0 aliphatic carbocycles. The largest absolute Gasteiger partial charge is 0.455 e. The first-order chi connectivity index (χ1) is 24.3. The fraction of sp³-hybridized carbons (Fsp3) is 0. The molecule has 4 nitrogen and oxygen atoms in total. The summed E-state index contributed by atoms with van der Waals surface area (Å²) in [6.45, 7) is 0. The van der Waals surface area contributed by atoms with Crippen molar-refractivity contribution in [3.05, 3.63) is 164 Å².